The molecule has 3 aromatic rings. The summed E-state index contributed by atoms with van der Waals surface area (Å²) in [5.41, 5.74) is 3.48. The van der Waals surface area contributed by atoms with Crippen LogP contribution in [0.3, 0.4) is 0 Å². The zero-order valence-electron chi connectivity index (χ0n) is 13.2. The van der Waals surface area contributed by atoms with Crippen LogP contribution in [0, 0.1) is 0 Å². The zero-order chi connectivity index (χ0) is 16.1. The Morgan fingerprint density at radius 1 is 0.957 bits per heavy atom. The van der Waals surface area contributed by atoms with Crippen molar-refractivity contribution in [3.05, 3.63) is 59.7 Å². The third kappa shape index (κ3) is 3.93. The van der Waals surface area contributed by atoms with Crippen molar-refractivity contribution in [2.45, 2.75) is 24.3 Å². The molecule has 0 bridgehead atoms. The molecule has 5 heteroatoms. The summed E-state index contributed by atoms with van der Waals surface area (Å²) in [6.07, 6.45) is 1.06. The van der Waals surface area contributed by atoms with Crippen LogP contribution in [0.1, 0.15) is 18.1 Å². The van der Waals surface area contributed by atoms with Crippen molar-refractivity contribution >= 4 is 11.8 Å². The van der Waals surface area contributed by atoms with Crippen LogP contribution in [0.4, 0.5) is 0 Å². The summed E-state index contributed by atoms with van der Waals surface area (Å²) in [4.78, 5) is 0. The minimum absolute atomic E-state index is 0.525. The van der Waals surface area contributed by atoms with Gasteiger partial charge in [0, 0.05) is 11.3 Å². The maximum Gasteiger partial charge on any atom is 0.277 e. The number of aryl methyl sites for hydroxylation is 1. The number of rotatable bonds is 6. The van der Waals surface area contributed by atoms with E-state index in [2.05, 4.69) is 41.4 Å². The molecule has 0 spiro atoms. The number of benzene rings is 2. The summed E-state index contributed by atoms with van der Waals surface area (Å²) in [7, 11) is 1.64. The summed E-state index contributed by atoms with van der Waals surface area (Å²) in [6, 6.07) is 16.2. The highest BCUT2D eigenvalue weighted by molar-refractivity contribution is 7.98. The predicted molar refractivity (Wildman–Crippen MR) is 91.7 cm³/mol. The Morgan fingerprint density at radius 2 is 1.65 bits per heavy atom. The van der Waals surface area contributed by atoms with E-state index in [4.69, 9.17) is 9.15 Å². The maximum atomic E-state index is 5.71. The molecule has 0 radical (unpaired) electrons. The molecule has 0 fully saturated rings. The van der Waals surface area contributed by atoms with Crippen molar-refractivity contribution < 1.29 is 9.15 Å². The second-order valence-corrected chi connectivity index (χ2v) is 5.99. The first-order valence-corrected chi connectivity index (χ1v) is 8.45. The lowest BCUT2D eigenvalue weighted by Gasteiger charge is -2.00. The molecule has 0 aliphatic heterocycles. The van der Waals surface area contributed by atoms with Gasteiger partial charge in [0.1, 0.15) is 5.75 Å². The predicted octanol–water partition coefficient (Wildman–Crippen LogP) is 4.60. The van der Waals surface area contributed by atoms with Gasteiger partial charge in [-0.05, 0) is 41.8 Å². The molecule has 3 rings (SSSR count). The van der Waals surface area contributed by atoms with E-state index in [0.29, 0.717) is 11.1 Å². The number of thioether (sulfide) groups is 1. The Balaban J connectivity index is 1.64. The fourth-order valence-corrected chi connectivity index (χ4v) is 2.85. The second kappa shape index (κ2) is 7.33. The van der Waals surface area contributed by atoms with E-state index >= 15 is 0 Å². The molecule has 23 heavy (non-hydrogen) atoms. The number of ether oxygens (including phenoxy) is 1. The van der Waals surface area contributed by atoms with Crippen molar-refractivity contribution in [3.8, 4) is 17.2 Å². The first kappa shape index (κ1) is 15.6. The molecule has 0 aliphatic carbocycles. The van der Waals surface area contributed by atoms with Crippen molar-refractivity contribution in [2.24, 2.45) is 0 Å². The minimum atomic E-state index is 0.525. The van der Waals surface area contributed by atoms with Crippen LogP contribution in [0.25, 0.3) is 11.5 Å². The topological polar surface area (TPSA) is 48.2 Å². The number of nitrogens with zero attached hydrogens (tertiary/aromatic N) is 2. The van der Waals surface area contributed by atoms with Crippen LogP contribution in [-0.2, 0) is 12.2 Å². The average Bonchev–Trinajstić information content (AvgIpc) is 3.09. The van der Waals surface area contributed by atoms with Gasteiger partial charge < -0.3 is 9.15 Å². The SMILES string of the molecule is CCc1ccc(CSc2nnc(-c3ccc(OC)cc3)o2)cc1. The maximum absolute atomic E-state index is 5.71. The van der Waals surface area contributed by atoms with E-state index < -0.39 is 0 Å². The first-order chi connectivity index (χ1) is 11.3. The zero-order valence-corrected chi connectivity index (χ0v) is 14.0. The Bertz CT molecular complexity index is 751. The molecule has 0 saturated carbocycles. The van der Waals surface area contributed by atoms with E-state index in [1.54, 1.807) is 18.9 Å². The van der Waals surface area contributed by atoms with Gasteiger partial charge in [-0.15, -0.1) is 10.2 Å². The Kier molecular flexibility index (Phi) is 4.98. The molecule has 0 atom stereocenters. The molecular formula is C18H18N2O2S. The summed E-state index contributed by atoms with van der Waals surface area (Å²) in [6.45, 7) is 2.16. The minimum Gasteiger partial charge on any atom is -0.497 e. The Labute approximate surface area is 139 Å². The monoisotopic (exact) mass is 326 g/mol. The van der Waals surface area contributed by atoms with E-state index in [1.807, 2.05) is 24.3 Å². The summed E-state index contributed by atoms with van der Waals surface area (Å²) >= 11 is 1.55. The van der Waals surface area contributed by atoms with E-state index in [-0.39, 0.29) is 0 Å². The molecular weight excluding hydrogens is 308 g/mol. The second-order valence-electron chi connectivity index (χ2n) is 5.06. The largest absolute Gasteiger partial charge is 0.497 e. The molecule has 0 unspecified atom stereocenters. The van der Waals surface area contributed by atoms with E-state index in [0.717, 1.165) is 23.5 Å². The van der Waals surface area contributed by atoms with Gasteiger partial charge in [0.15, 0.2) is 0 Å². The van der Waals surface area contributed by atoms with Crippen LogP contribution in [-0.4, -0.2) is 17.3 Å². The van der Waals surface area contributed by atoms with Crippen molar-refractivity contribution in [2.75, 3.05) is 7.11 Å². The third-order valence-electron chi connectivity index (χ3n) is 3.54. The quantitative estimate of drug-likeness (QED) is 0.620. The molecule has 118 valence electrons. The summed E-state index contributed by atoms with van der Waals surface area (Å²) in [5, 5.41) is 8.78. The number of aromatic nitrogens is 2. The molecule has 0 aliphatic rings. The molecule has 1 aromatic heterocycles. The first-order valence-electron chi connectivity index (χ1n) is 7.47. The van der Waals surface area contributed by atoms with Crippen molar-refractivity contribution in [1.29, 1.82) is 0 Å². The summed E-state index contributed by atoms with van der Waals surface area (Å²) < 4.78 is 10.9. The van der Waals surface area contributed by atoms with Gasteiger partial charge in [-0.1, -0.05) is 43.0 Å². The van der Waals surface area contributed by atoms with Crippen molar-refractivity contribution in [3.63, 3.8) is 0 Å². The molecule has 0 saturated heterocycles. The molecule has 0 amide bonds. The Morgan fingerprint density at radius 3 is 2.30 bits per heavy atom. The molecule has 1 heterocycles. The standard InChI is InChI=1S/C18H18N2O2S/c1-3-13-4-6-14(7-5-13)12-23-18-20-19-17(22-18)15-8-10-16(21-2)11-9-15/h4-11H,3,12H2,1-2H3. The lowest BCUT2D eigenvalue weighted by molar-refractivity contribution is 0.414. The van der Waals surface area contributed by atoms with Gasteiger partial charge in [0.25, 0.3) is 5.22 Å². The molecule has 0 N–H and O–H groups in total. The summed E-state index contributed by atoms with van der Waals surface area (Å²) in [5.74, 6) is 2.14. The third-order valence-corrected chi connectivity index (χ3v) is 4.43. The smallest absolute Gasteiger partial charge is 0.277 e. The van der Waals surface area contributed by atoms with Gasteiger partial charge in [-0.3, -0.25) is 0 Å². The van der Waals surface area contributed by atoms with Crippen LogP contribution < -0.4 is 4.74 Å². The van der Waals surface area contributed by atoms with Gasteiger partial charge in [0.05, 0.1) is 7.11 Å². The van der Waals surface area contributed by atoms with Gasteiger partial charge >= 0.3 is 0 Å². The van der Waals surface area contributed by atoms with Gasteiger partial charge in [-0.25, -0.2) is 0 Å². The van der Waals surface area contributed by atoms with Gasteiger partial charge in [0.2, 0.25) is 5.89 Å². The van der Waals surface area contributed by atoms with Crippen molar-refractivity contribution in [1.82, 2.24) is 10.2 Å². The normalized spacial score (nSPS) is 10.7. The van der Waals surface area contributed by atoms with Gasteiger partial charge in [-0.2, -0.15) is 0 Å². The molecule has 4 nitrogen and oxygen atoms in total. The lowest BCUT2D eigenvalue weighted by atomic mass is 10.1. The Hall–Kier alpha value is -2.27. The fraction of sp³-hybridized carbons (Fsp3) is 0.222. The number of hydrogen-bond acceptors (Lipinski definition) is 5. The fourth-order valence-electron chi connectivity index (χ4n) is 2.13. The average molecular weight is 326 g/mol. The highest BCUT2D eigenvalue weighted by Gasteiger charge is 2.09. The number of methoxy groups -OCH3 is 1. The van der Waals surface area contributed by atoms with Crippen LogP contribution in [0.15, 0.2) is 58.2 Å². The highest BCUT2D eigenvalue weighted by Crippen LogP contribution is 2.26. The lowest BCUT2D eigenvalue weighted by Crippen LogP contribution is -1.83. The van der Waals surface area contributed by atoms with Crippen LogP contribution >= 0.6 is 11.8 Å². The van der Waals surface area contributed by atoms with Crippen LogP contribution in [0.5, 0.6) is 5.75 Å². The number of hydrogen-bond donors (Lipinski definition) is 0. The van der Waals surface area contributed by atoms with Crippen LogP contribution in [0.2, 0.25) is 0 Å². The van der Waals surface area contributed by atoms with E-state index in [1.165, 1.54) is 11.1 Å². The molecule has 2 aromatic carbocycles. The highest BCUT2D eigenvalue weighted by atomic mass is 32.2. The van der Waals surface area contributed by atoms with E-state index in [9.17, 15) is 0 Å².